The number of hydrogen-bond donors (Lipinski definition) is 3. The van der Waals surface area contributed by atoms with E-state index in [1.165, 1.54) is 0 Å². The largest absolute Gasteiger partial charge is 0.349 e. The molecule has 0 radical (unpaired) electrons. The topological polar surface area (TPSA) is 108 Å². The summed E-state index contributed by atoms with van der Waals surface area (Å²) in [5.41, 5.74) is 0.982. The van der Waals surface area contributed by atoms with E-state index in [0.717, 1.165) is 36.1 Å². The average molecular weight is 449 g/mol. The zero-order chi connectivity index (χ0) is 23.6. The Morgan fingerprint density at radius 1 is 1.06 bits per heavy atom. The van der Waals surface area contributed by atoms with Gasteiger partial charge >= 0.3 is 6.03 Å². The van der Waals surface area contributed by atoms with E-state index in [2.05, 4.69) is 16.0 Å². The third kappa shape index (κ3) is 4.46. The van der Waals surface area contributed by atoms with Crippen LogP contribution in [0.15, 0.2) is 48.5 Å². The summed E-state index contributed by atoms with van der Waals surface area (Å²) >= 11 is 0. The van der Waals surface area contributed by atoms with E-state index >= 15 is 0 Å². The molecule has 1 saturated heterocycles. The minimum atomic E-state index is -1.25. The number of benzene rings is 2. The smallest absolute Gasteiger partial charge is 0.325 e. The third-order valence-electron chi connectivity index (χ3n) is 6.40. The minimum absolute atomic E-state index is 0.145. The van der Waals surface area contributed by atoms with Crippen LogP contribution in [0, 0.1) is 6.92 Å². The summed E-state index contributed by atoms with van der Waals surface area (Å²) in [5.74, 6) is -1.31. The average Bonchev–Trinajstić information content (AvgIpc) is 3.37. The summed E-state index contributed by atoms with van der Waals surface area (Å²) in [7, 11) is 0. The zero-order valence-electron chi connectivity index (χ0n) is 18.8. The molecule has 2 fully saturated rings. The van der Waals surface area contributed by atoms with Crippen molar-refractivity contribution in [2.45, 2.75) is 51.1 Å². The molecule has 1 aliphatic carbocycles. The molecule has 0 bridgehead atoms. The second-order valence-electron chi connectivity index (χ2n) is 8.81. The van der Waals surface area contributed by atoms with Gasteiger partial charge in [0.15, 0.2) is 0 Å². The SMILES string of the molecule is Cc1ccccc1C1(C)NC(=O)N(CC(=O)Nc2ccccc2C(=O)NC2CCCC2)C1=O. The Bertz CT molecular complexity index is 1110. The molecule has 8 nitrogen and oxygen atoms in total. The van der Waals surface area contributed by atoms with E-state index < -0.39 is 29.9 Å². The van der Waals surface area contributed by atoms with Crippen LogP contribution in [0.4, 0.5) is 10.5 Å². The lowest BCUT2D eigenvalue weighted by Gasteiger charge is -2.24. The maximum absolute atomic E-state index is 13.1. The molecule has 1 atom stereocenters. The Labute approximate surface area is 192 Å². The normalized spacial score (nSPS) is 20.6. The number of carbonyl (C=O) groups is 4. The molecule has 2 aliphatic rings. The number of carbonyl (C=O) groups excluding carboxylic acids is 4. The summed E-state index contributed by atoms with van der Waals surface area (Å²) in [4.78, 5) is 52.2. The van der Waals surface area contributed by atoms with Gasteiger partial charge in [-0.15, -0.1) is 0 Å². The maximum Gasteiger partial charge on any atom is 0.325 e. The van der Waals surface area contributed by atoms with Crippen molar-refractivity contribution in [3.8, 4) is 0 Å². The molecule has 33 heavy (non-hydrogen) atoms. The van der Waals surface area contributed by atoms with Gasteiger partial charge in [-0.25, -0.2) is 4.79 Å². The van der Waals surface area contributed by atoms with Gasteiger partial charge in [-0.05, 0) is 49.9 Å². The Kier molecular flexibility index (Phi) is 6.18. The Balaban J connectivity index is 1.46. The van der Waals surface area contributed by atoms with E-state index in [9.17, 15) is 19.2 Å². The molecular weight excluding hydrogens is 420 g/mol. The van der Waals surface area contributed by atoms with Crippen LogP contribution in [0.3, 0.4) is 0 Å². The zero-order valence-corrected chi connectivity index (χ0v) is 18.8. The van der Waals surface area contributed by atoms with Gasteiger partial charge in [0.1, 0.15) is 12.1 Å². The number of imide groups is 1. The highest BCUT2D eigenvalue weighted by Crippen LogP contribution is 2.31. The highest BCUT2D eigenvalue weighted by atomic mass is 16.2. The number of rotatable bonds is 6. The molecule has 2 aromatic rings. The lowest BCUT2D eigenvalue weighted by atomic mass is 9.88. The number of para-hydroxylation sites is 1. The van der Waals surface area contributed by atoms with Crippen LogP contribution >= 0.6 is 0 Å². The van der Waals surface area contributed by atoms with Crippen LogP contribution in [0.5, 0.6) is 0 Å². The fourth-order valence-electron chi connectivity index (χ4n) is 4.61. The van der Waals surface area contributed by atoms with Crippen molar-refractivity contribution in [2.24, 2.45) is 0 Å². The van der Waals surface area contributed by atoms with Gasteiger partial charge in [0.05, 0.1) is 11.3 Å². The van der Waals surface area contributed by atoms with Crippen LogP contribution < -0.4 is 16.0 Å². The second kappa shape index (κ2) is 9.05. The molecular formula is C25H28N4O4. The standard InChI is InChI=1S/C25H28N4O4/c1-16-9-3-7-13-19(16)25(2)23(32)29(24(33)28-25)15-21(30)27-20-14-8-6-12-18(20)22(31)26-17-10-4-5-11-17/h3,6-9,12-14,17H,4-5,10-11,15H2,1-2H3,(H,26,31)(H,27,30)(H,28,33). The van der Waals surface area contributed by atoms with E-state index in [0.29, 0.717) is 16.8 Å². The maximum atomic E-state index is 13.1. The number of hydrogen-bond acceptors (Lipinski definition) is 4. The van der Waals surface area contributed by atoms with Crippen molar-refractivity contribution < 1.29 is 19.2 Å². The first-order valence-electron chi connectivity index (χ1n) is 11.2. The van der Waals surface area contributed by atoms with Gasteiger partial charge < -0.3 is 16.0 Å². The third-order valence-corrected chi connectivity index (χ3v) is 6.40. The molecule has 2 aromatic carbocycles. The fraction of sp³-hybridized carbons (Fsp3) is 0.360. The molecule has 0 aromatic heterocycles. The Morgan fingerprint density at radius 3 is 2.45 bits per heavy atom. The Morgan fingerprint density at radius 2 is 1.73 bits per heavy atom. The van der Waals surface area contributed by atoms with Crippen LogP contribution in [-0.4, -0.2) is 41.2 Å². The van der Waals surface area contributed by atoms with Gasteiger partial charge in [-0.1, -0.05) is 49.2 Å². The molecule has 3 N–H and O–H groups in total. The lowest BCUT2D eigenvalue weighted by Crippen LogP contribution is -2.42. The first kappa shape index (κ1) is 22.5. The van der Waals surface area contributed by atoms with E-state index in [1.807, 2.05) is 19.1 Å². The predicted molar refractivity (Wildman–Crippen MR) is 124 cm³/mol. The number of urea groups is 1. The number of amides is 5. The Hall–Kier alpha value is -3.68. The second-order valence-corrected chi connectivity index (χ2v) is 8.81. The summed E-state index contributed by atoms with van der Waals surface area (Å²) in [6.45, 7) is 3.05. The molecule has 5 amide bonds. The van der Waals surface area contributed by atoms with Crippen molar-refractivity contribution in [1.82, 2.24) is 15.5 Å². The number of nitrogens with zero attached hydrogens (tertiary/aromatic N) is 1. The molecule has 8 heteroatoms. The molecule has 1 heterocycles. The van der Waals surface area contributed by atoms with Gasteiger partial charge in [0.2, 0.25) is 5.91 Å². The number of anilines is 1. The lowest BCUT2D eigenvalue weighted by molar-refractivity contribution is -0.133. The number of aryl methyl sites for hydroxylation is 1. The van der Waals surface area contributed by atoms with Crippen LogP contribution in [0.2, 0.25) is 0 Å². The van der Waals surface area contributed by atoms with Crippen molar-refractivity contribution in [1.29, 1.82) is 0 Å². The van der Waals surface area contributed by atoms with Crippen LogP contribution in [0.25, 0.3) is 0 Å². The molecule has 172 valence electrons. The van der Waals surface area contributed by atoms with Crippen molar-refractivity contribution in [3.63, 3.8) is 0 Å². The summed E-state index contributed by atoms with van der Waals surface area (Å²) in [6, 6.07) is 13.5. The molecule has 0 spiro atoms. The van der Waals surface area contributed by atoms with Crippen LogP contribution in [0.1, 0.15) is 54.1 Å². The van der Waals surface area contributed by atoms with Crippen molar-refractivity contribution in [2.75, 3.05) is 11.9 Å². The van der Waals surface area contributed by atoms with Crippen LogP contribution in [-0.2, 0) is 15.1 Å². The number of nitrogens with one attached hydrogen (secondary N) is 3. The van der Waals surface area contributed by atoms with Crippen molar-refractivity contribution >= 4 is 29.4 Å². The monoisotopic (exact) mass is 448 g/mol. The van der Waals surface area contributed by atoms with E-state index in [4.69, 9.17) is 0 Å². The van der Waals surface area contributed by atoms with Crippen molar-refractivity contribution in [3.05, 3.63) is 65.2 Å². The summed E-state index contributed by atoms with van der Waals surface area (Å²) in [5, 5.41) is 8.42. The predicted octanol–water partition coefficient (Wildman–Crippen LogP) is 3.07. The summed E-state index contributed by atoms with van der Waals surface area (Å²) in [6.07, 6.45) is 4.09. The van der Waals surface area contributed by atoms with Gasteiger partial charge in [-0.3, -0.25) is 19.3 Å². The highest BCUT2D eigenvalue weighted by molar-refractivity contribution is 6.11. The van der Waals surface area contributed by atoms with E-state index in [1.54, 1.807) is 43.3 Å². The molecule has 4 rings (SSSR count). The first-order chi connectivity index (χ1) is 15.8. The quantitative estimate of drug-likeness (QED) is 0.590. The van der Waals surface area contributed by atoms with Gasteiger partial charge in [-0.2, -0.15) is 0 Å². The molecule has 1 unspecified atom stereocenters. The van der Waals surface area contributed by atoms with Gasteiger partial charge in [0, 0.05) is 6.04 Å². The van der Waals surface area contributed by atoms with Gasteiger partial charge in [0.25, 0.3) is 11.8 Å². The molecule has 1 aliphatic heterocycles. The highest BCUT2D eigenvalue weighted by Gasteiger charge is 2.50. The minimum Gasteiger partial charge on any atom is -0.349 e. The first-order valence-corrected chi connectivity index (χ1v) is 11.2. The van der Waals surface area contributed by atoms with E-state index in [-0.39, 0.29) is 11.9 Å². The summed E-state index contributed by atoms with van der Waals surface area (Å²) < 4.78 is 0. The molecule has 1 saturated carbocycles. The fourth-order valence-corrected chi connectivity index (χ4v) is 4.61.